The second-order valence-electron chi connectivity index (χ2n) is 9.40. The fourth-order valence-electron chi connectivity index (χ4n) is 5.14. The number of rotatable bonds is 5. The maximum Gasteiger partial charge on any atom is 0.337 e. The molecule has 10 heteroatoms. The predicted octanol–water partition coefficient (Wildman–Crippen LogP) is 0.840. The first-order valence-corrected chi connectivity index (χ1v) is 10.9. The molecule has 10 nitrogen and oxygen atoms in total. The Morgan fingerprint density at radius 1 is 1.21 bits per heavy atom. The number of aliphatic hydroxyl groups excluding tert-OH is 1. The van der Waals surface area contributed by atoms with Crippen LogP contribution in [0, 0.1) is 0 Å². The van der Waals surface area contributed by atoms with E-state index in [-0.39, 0.29) is 30.4 Å². The summed E-state index contributed by atoms with van der Waals surface area (Å²) in [5.74, 6) is -3.35. The molecule has 0 radical (unpaired) electrons. The lowest BCUT2D eigenvalue weighted by Gasteiger charge is -2.42. The highest BCUT2D eigenvalue weighted by molar-refractivity contribution is 6.05. The Hall–Kier alpha value is -2.82. The van der Waals surface area contributed by atoms with Crippen molar-refractivity contribution >= 4 is 23.7 Å². The third-order valence-corrected chi connectivity index (χ3v) is 7.16. The van der Waals surface area contributed by atoms with E-state index in [1.807, 2.05) is 0 Å². The monoisotopic (exact) mass is 478 g/mol. The zero-order valence-corrected chi connectivity index (χ0v) is 19.8. The van der Waals surface area contributed by atoms with E-state index < -0.39 is 70.8 Å². The van der Waals surface area contributed by atoms with Crippen molar-refractivity contribution in [3.05, 3.63) is 36.0 Å². The smallest absolute Gasteiger partial charge is 0.337 e. The quantitative estimate of drug-likeness (QED) is 0.331. The Bertz CT molecular complexity index is 1010. The van der Waals surface area contributed by atoms with Crippen molar-refractivity contribution in [2.24, 2.45) is 0 Å². The van der Waals surface area contributed by atoms with Crippen molar-refractivity contribution in [2.75, 3.05) is 13.7 Å². The van der Waals surface area contributed by atoms with Gasteiger partial charge in [-0.1, -0.05) is 19.2 Å². The van der Waals surface area contributed by atoms with Gasteiger partial charge < -0.3 is 29.2 Å². The number of aliphatic hydroxyl groups is 2. The minimum Gasteiger partial charge on any atom is -0.466 e. The highest BCUT2D eigenvalue weighted by atomic mass is 16.6. The lowest BCUT2D eigenvalue weighted by Crippen LogP contribution is -2.59. The normalized spacial score (nSPS) is 38.3. The number of carbonyl (C=O) groups excluding carboxylic acids is 4. The summed E-state index contributed by atoms with van der Waals surface area (Å²) in [7, 11) is 1.10. The first-order valence-electron chi connectivity index (χ1n) is 10.9. The lowest BCUT2D eigenvalue weighted by atomic mass is 9.69. The van der Waals surface area contributed by atoms with Crippen LogP contribution in [0.4, 0.5) is 0 Å². The summed E-state index contributed by atoms with van der Waals surface area (Å²) in [6.45, 7) is 11.1. The van der Waals surface area contributed by atoms with Crippen LogP contribution in [-0.4, -0.2) is 76.1 Å². The number of ketones is 1. The molecule has 3 aliphatic rings. The van der Waals surface area contributed by atoms with E-state index in [2.05, 4.69) is 13.2 Å². The summed E-state index contributed by atoms with van der Waals surface area (Å²) in [4.78, 5) is 51.4. The number of allylic oxidation sites excluding steroid dienone is 1. The number of methoxy groups -OCH3 is 1. The van der Waals surface area contributed by atoms with Gasteiger partial charge >= 0.3 is 17.9 Å². The standard InChI is InChI=1S/C24H30O10/c1-7-15-20(29)33-22(5)11-17(32-18(27)13(2)12-25)24(14(3)19(28)31-6)16(26)10-21(4,34-24)8-9-23(15,22)30/h7,17,25,30H,2-3,8-12H2,1,4-6H3/b15-7-/t17-,21-,22+,23+,24+/m0/s1. The first-order chi connectivity index (χ1) is 15.7. The highest BCUT2D eigenvalue weighted by Gasteiger charge is 2.69. The molecule has 2 N–H and O–H groups in total. The molecule has 3 aliphatic heterocycles. The van der Waals surface area contributed by atoms with Crippen LogP contribution in [0.1, 0.15) is 46.5 Å². The molecule has 0 spiro atoms. The molecule has 0 aromatic rings. The van der Waals surface area contributed by atoms with Gasteiger partial charge in [-0.05, 0) is 33.6 Å². The molecule has 0 aromatic carbocycles. The summed E-state index contributed by atoms with van der Waals surface area (Å²) in [5, 5.41) is 21.1. The third kappa shape index (κ3) is 3.60. The van der Waals surface area contributed by atoms with E-state index in [9.17, 15) is 29.4 Å². The molecule has 3 saturated heterocycles. The SMILES string of the molecule is C=C(CO)C(=O)O[C@H]1C[C@@]2(C)OC(=O)/C(=C/C)[C@]2(O)CC[C@@]2(C)CC(=O)[C@@]1(C(=C)C(=O)OC)O2. The average Bonchev–Trinajstić information content (AvgIpc) is 3.17. The fourth-order valence-corrected chi connectivity index (χ4v) is 5.14. The third-order valence-electron chi connectivity index (χ3n) is 7.16. The van der Waals surface area contributed by atoms with Crippen LogP contribution >= 0.6 is 0 Å². The first kappa shape index (κ1) is 25.8. The second kappa shape index (κ2) is 8.44. The van der Waals surface area contributed by atoms with Crippen LogP contribution in [0.15, 0.2) is 36.0 Å². The summed E-state index contributed by atoms with van der Waals surface area (Å²) < 4.78 is 22.2. The van der Waals surface area contributed by atoms with Crippen molar-refractivity contribution in [1.82, 2.24) is 0 Å². The van der Waals surface area contributed by atoms with E-state index in [4.69, 9.17) is 18.9 Å². The Labute approximate surface area is 197 Å². The summed E-state index contributed by atoms with van der Waals surface area (Å²) in [5.41, 5.74) is -7.51. The largest absolute Gasteiger partial charge is 0.466 e. The number of esters is 3. The van der Waals surface area contributed by atoms with Crippen LogP contribution in [0.3, 0.4) is 0 Å². The van der Waals surface area contributed by atoms with Gasteiger partial charge in [-0.3, -0.25) is 4.79 Å². The van der Waals surface area contributed by atoms with Gasteiger partial charge in [-0.25, -0.2) is 14.4 Å². The van der Waals surface area contributed by atoms with Crippen molar-refractivity contribution in [3.63, 3.8) is 0 Å². The maximum atomic E-state index is 13.5. The van der Waals surface area contributed by atoms with Crippen LogP contribution in [-0.2, 0) is 38.1 Å². The number of carbonyl (C=O) groups is 4. The number of hydrogen-bond donors (Lipinski definition) is 2. The van der Waals surface area contributed by atoms with Gasteiger partial charge in [0, 0.05) is 12.8 Å². The molecule has 2 bridgehead atoms. The molecule has 186 valence electrons. The maximum absolute atomic E-state index is 13.5. The second-order valence-corrected chi connectivity index (χ2v) is 9.40. The zero-order valence-electron chi connectivity index (χ0n) is 19.8. The molecule has 5 atom stereocenters. The van der Waals surface area contributed by atoms with Crippen LogP contribution in [0.2, 0.25) is 0 Å². The summed E-state index contributed by atoms with van der Waals surface area (Å²) >= 11 is 0. The number of ether oxygens (including phenoxy) is 4. The van der Waals surface area contributed by atoms with E-state index in [1.165, 1.54) is 13.0 Å². The number of Topliss-reactive ketones (excluding diaryl/α,β-unsaturated/α-hetero) is 1. The Balaban J connectivity index is 2.26. The van der Waals surface area contributed by atoms with Crippen molar-refractivity contribution < 1.29 is 48.3 Å². The molecule has 0 unspecified atom stereocenters. The molecule has 0 amide bonds. The van der Waals surface area contributed by atoms with Crippen LogP contribution < -0.4 is 0 Å². The lowest BCUT2D eigenvalue weighted by molar-refractivity contribution is -0.189. The number of fused-ring (bicyclic) bond motifs is 3. The molecule has 0 saturated carbocycles. The van der Waals surface area contributed by atoms with E-state index >= 15 is 0 Å². The van der Waals surface area contributed by atoms with Crippen molar-refractivity contribution in [3.8, 4) is 0 Å². The van der Waals surface area contributed by atoms with E-state index in [0.29, 0.717) is 0 Å². The molecular weight excluding hydrogens is 448 g/mol. The molecular formula is C24H30O10. The molecule has 3 fully saturated rings. The minimum absolute atomic E-state index is 0.0104. The average molecular weight is 478 g/mol. The summed E-state index contributed by atoms with van der Waals surface area (Å²) in [6, 6.07) is 0. The fraction of sp³-hybridized carbons (Fsp3) is 0.583. The van der Waals surface area contributed by atoms with Gasteiger partial charge in [0.15, 0.2) is 11.4 Å². The molecule has 34 heavy (non-hydrogen) atoms. The minimum atomic E-state index is -2.17. The van der Waals surface area contributed by atoms with E-state index in [1.54, 1.807) is 13.8 Å². The molecule has 0 aromatic heterocycles. The van der Waals surface area contributed by atoms with Crippen molar-refractivity contribution in [2.45, 2.75) is 75.0 Å². The van der Waals surface area contributed by atoms with Gasteiger partial charge in [0.1, 0.15) is 17.3 Å². The van der Waals surface area contributed by atoms with E-state index in [0.717, 1.165) is 7.11 Å². The molecule has 3 rings (SSSR count). The summed E-state index contributed by atoms with van der Waals surface area (Å²) in [6.07, 6.45) is -0.624. The predicted molar refractivity (Wildman–Crippen MR) is 116 cm³/mol. The molecule has 3 heterocycles. The van der Waals surface area contributed by atoms with Crippen molar-refractivity contribution in [1.29, 1.82) is 0 Å². The Morgan fingerprint density at radius 3 is 2.41 bits per heavy atom. The Kier molecular flexibility index (Phi) is 6.40. The number of hydrogen-bond acceptors (Lipinski definition) is 10. The van der Waals surface area contributed by atoms with Crippen LogP contribution in [0.5, 0.6) is 0 Å². The topological polar surface area (TPSA) is 146 Å². The Morgan fingerprint density at radius 2 is 1.85 bits per heavy atom. The van der Waals surface area contributed by atoms with Gasteiger partial charge in [0.25, 0.3) is 0 Å². The van der Waals surface area contributed by atoms with Gasteiger partial charge in [-0.15, -0.1) is 0 Å². The van der Waals surface area contributed by atoms with Gasteiger partial charge in [0.2, 0.25) is 0 Å². The highest BCUT2D eigenvalue weighted by Crippen LogP contribution is 2.54. The molecule has 0 aliphatic carbocycles. The van der Waals surface area contributed by atoms with Gasteiger partial charge in [-0.2, -0.15) is 0 Å². The zero-order chi connectivity index (χ0) is 25.7. The van der Waals surface area contributed by atoms with Gasteiger partial charge in [0.05, 0.1) is 36.0 Å². The van der Waals surface area contributed by atoms with Crippen LogP contribution in [0.25, 0.3) is 0 Å².